The number of nitrogens with one attached hydrogen (secondary N) is 1. The molecule has 0 spiro atoms. The second-order valence-electron chi connectivity index (χ2n) is 7.22. The van der Waals surface area contributed by atoms with Crippen LogP contribution in [0.25, 0.3) is 11.0 Å². The molecule has 1 fully saturated rings. The number of β-lactam (4-membered cyclic amide) rings is 1. The van der Waals surface area contributed by atoms with Gasteiger partial charge in [-0.05, 0) is 43.9 Å². The fraction of sp³-hybridized carbons (Fsp3) is 0.333. The van der Waals surface area contributed by atoms with Crippen molar-refractivity contribution in [3.8, 4) is 5.75 Å². The summed E-state index contributed by atoms with van der Waals surface area (Å²) < 4.78 is 6.50. The topological polar surface area (TPSA) is 58.2 Å². The zero-order valence-electron chi connectivity index (χ0n) is 15.0. The SMILES string of the molecule is Cc1nc2c3c(c(N4CCC4=O)cc2[nH]1)CC[C@@H](c1ccccc1C)O3. The monoisotopic (exact) mass is 347 g/mol. The Labute approximate surface area is 152 Å². The Morgan fingerprint density at radius 2 is 2.08 bits per heavy atom. The Kier molecular flexibility index (Phi) is 3.32. The predicted molar refractivity (Wildman–Crippen MR) is 101 cm³/mol. The maximum Gasteiger partial charge on any atom is 0.228 e. The lowest BCUT2D eigenvalue weighted by Gasteiger charge is -2.35. The predicted octanol–water partition coefficient (Wildman–Crippen LogP) is 3.98. The van der Waals surface area contributed by atoms with Gasteiger partial charge in [0.25, 0.3) is 0 Å². The molecule has 0 saturated carbocycles. The van der Waals surface area contributed by atoms with Gasteiger partial charge in [0.05, 0.1) is 11.2 Å². The number of imidazole rings is 1. The van der Waals surface area contributed by atoms with Crippen LogP contribution in [0.1, 0.15) is 41.5 Å². The van der Waals surface area contributed by atoms with Gasteiger partial charge in [0, 0.05) is 18.5 Å². The fourth-order valence-electron chi connectivity index (χ4n) is 4.09. The summed E-state index contributed by atoms with van der Waals surface area (Å²) in [6, 6.07) is 10.4. The summed E-state index contributed by atoms with van der Waals surface area (Å²) in [6.45, 7) is 4.85. The first-order valence-electron chi connectivity index (χ1n) is 9.16. The number of carbonyl (C=O) groups is 1. The zero-order chi connectivity index (χ0) is 17.8. The van der Waals surface area contributed by atoms with Crippen LogP contribution < -0.4 is 9.64 Å². The fourth-order valence-corrected chi connectivity index (χ4v) is 4.09. The molecule has 3 aromatic rings. The number of aryl methyl sites for hydroxylation is 2. The number of H-pyrrole nitrogens is 1. The lowest BCUT2D eigenvalue weighted by molar-refractivity contribution is -0.122. The lowest BCUT2D eigenvalue weighted by atomic mass is 9.92. The van der Waals surface area contributed by atoms with Crippen molar-refractivity contribution in [2.24, 2.45) is 0 Å². The summed E-state index contributed by atoms with van der Waals surface area (Å²) in [7, 11) is 0. The molecule has 5 heteroatoms. The molecular weight excluding hydrogens is 326 g/mol. The highest BCUT2D eigenvalue weighted by Crippen LogP contribution is 2.45. The minimum absolute atomic E-state index is 0.0197. The molecule has 1 amide bonds. The molecule has 2 aliphatic heterocycles. The number of carbonyl (C=O) groups excluding carboxylic acids is 1. The number of amides is 1. The van der Waals surface area contributed by atoms with Gasteiger partial charge in [0.15, 0.2) is 5.75 Å². The minimum Gasteiger partial charge on any atom is -0.483 e. The normalized spacial score (nSPS) is 19.2. The third-order valence-corrected chi connectivity index (χ3v) is 5.52. The number of fused-ring (bicyclic) bond motifs is 3. The molecule has 2 aliphatic rings. The molecule has 1 atom stereocenters. The summed E-state index contributed by atoms with van der Waals surface area (Å²) in [6.07, 6.45) is 2.43. The maximum absolute atomic E-state index is 12.0. The number of rotatable bonds is 2. The van der Waals surface area contributed by atoms with Gasteiger partial charge in [-0.1, -0.05) is 24.3 Å². The lowest BCUT2D eigenvalue weighted by Crippen LogP contribution is -2.44. The van der Waals surface area contributed by atoms with Gasteiger partial charge < -0.3 is 14.6 Å². The van der Waals surface area contributed by atoms with Crippen molar-refractivity contribution in [3.63, 3.8) is 0 Å². The number of hydrogen-bond donors (Lipinski definition) is 1. The van der Waals surface area contributed by atoms with Crippen molar-refractivity contribution in [2.75, 3.05) is 11.4 Å². The summed E-state index contributed by atoms with van der Waals surface area (Å²) in [5.41, 5.74) is 6.36. The molecule has 0 aliphatic carbocycles. The van der Waals surface area contributed by atoms with E-state index in [0.717, 1.165) is 53.2 Å². The van der Waals surface area contributed by atoms with Gasteiger partial charge in [-0.15, -0.1) is 0 Å². The first-order chi connectivity index (χ1) is 12.6. The Balaban J connectivity index is 1.65. The average Bonchev–Trinajstić information content (AvgIpc) is 3.01. The van der Waals surface area contributed by atoms with Crippen LogP contribution in [-0.2, 0) is 11.2 Å². The molecule has 5 nitrogen and oxygen atoms in total. The molecule has 1 aromatic heterocycles. The van der Waals surface area contributed by atoms with Crippen molar-refractivity contribution in [2.45, 2.75) is 39.2 Å². The Morgan fingerprint density at radius 1 is 1.23 bits per heavy atom. The second-order valence-corrected chi connectivity index (χ2v) is 7.22. The van der Waals surface area contributed by atoms with E-state index in [1.165, 1.54) is 11.1 Å². The summed E-state index contributed by atoms with van der Waals surface area (Å²) in [5, 5.41) is 0. The third-order valence-electron chi connectivity index (χ3n) is 5.52. The van der Waals surface area contributed by atoms with Gasteiger partial charge in [-0.25, -0.2) is 4.98 Å². The highest BCUT2D eigenvalue weighted by molar-refractivity contribution is 6.03. The quantitative estimate of drug-likeness (QED) is 0.713. The first kappa shape index (κ1) is 15.4. The molecule has 132 valence electrons. The van der Waals surface area contributed by atoms with E-state index in [9.17, 15) is 4.79 Å². The van der Waals surface area contributed by atoms with E-state index in [2.05, 4.69) is 47.2 Å². The summed E-state index contributed by atoms with van der Waals surface area (Å²) in [5.74, 6) is 1.88. The van der Waals surface area contributed by atoms with Crippen molar-refractivity contribution in [3.05, 3.63) is 52.8 Å². The third kappa shape index (κ3) is 2.23. The molecule has 1 saturated heterocycles. The van der Waals surface area contributed by atoms with Crippen LogP contribution in [-0.4, -0.2) is 22.4 Å². The van der Waals surface area contributed by atoms with Crippen LogP contribution in [0.4, 0.5) is 5.69 Å². The van der Waals surface area contributed by atoms with Crippen LogP contribution in [0, 0.1) is 13.8 Å². The van der Waals surface area contributed by atoms with E-state index in [0.29, 0.717) is 6.42 Å². The molecule has 5 rings (SSSR count). The molecular formula is C21H21N3O2. The first-order valence-corrected chi connectivity index (χ1v) is 9.16. The minimum atomic E-state index is 0.0197. The Hall–Kier alpha value is -2.82. The van der Waals surface area contributed by atoms with Crippen LogP contribution in [0.2, 0.25) is 0 Å². The van der Waals surface area contributed by atoms with Gasteiger partial charge in [-0.3, -0.25) is 4.79 Å². The molecule has 0 bridgehead atoms. The zero-order valence-corrected chi connectivity index (χ0v) is 15.0. The van der Waals surface area contributed by atoms with Gasteiger partial charge in [0.2, 0.25) is 5.91 Å². The number of hydrogen-bond acceptors (Lipinski definition) is 3. The number of ether oxygens (including phenoxy) is 1. The van der Waals surface area contributed by atoms with Crippen LogP contribution in [0.3, 0.4) is 0 Å². The van der Waals surface area contributed by atoms with E-state index in [4.69, 9.17) is 4.74 Å². The van der Waals surface area contributed by atoms with Crippen LogP contribution >= 0.6 is 0 Å². The molecule has 3 heterocycles. The molecule has 26 heavy (non-hydrogen) atoms. The maximum atomic E-state index is 12.0. The number of aromatic amines is 1. The average molecular weight is 347 g/mol. The highest BCUT2D eigenvalue weighted by atomic mass is 16.5. The van der Waals surface area contributed by atoms with Crippen molar-refractivity contribution in [1.29, 1.82) is 0 Å². The summed E-state index contributed by atoms with van der Waals surface area (Å²) >= 11 is 0. The Morgan fingerprint density at radius 3 is 2.81 bits per heavy atom. The number of anilines is 1. The largest absolute Gasteiger partial charge is 0.483 e. The number of nitrogens with zero attached hydrogens (tertiary/aromatic N) is 2. The van der Waals surface area contributed by atoms with Gasteiger partial charge in [-0.2, -0.15) is 0 Å². The van der Waals surface area contributed by atoms with Crippen molar-refractivity contribution >= 4 is 22.6 Å². The number of aromatic nitrogens is 2. The van der Waals surface area contributed by atoms with Crippen molar-refractivity contribution < 1.29 is 9.53 Å². The molecule has 0 unspecified atom stereocenters. The molecule has 0 radical (unpaired) electrons. The highest BCUT2D eigenvalue weighted by Gasteiger charge is 2.33. The Bertz CT molecular complexity index is 1040. The standard InChI is InChI=1S/C21H21N3O2/c1-12-5-3-4-6-14(12)18-8-7-15-17(24-10-9-19(24)25)11-16-20(21(15)26-18)23-13(2)22-16/h3-6,11,18H,7-10H2,1-2H3,(H,22,23)/t18-/m0/s1. The van der Waals surface area contributed by atoms with E-state index < -0.39 is 0 Å². The van der Waals surface area contributed by atoms with Gasteiger partial charge in [0.1, 0.15) is 17.4 Å². The van der Waals surface area contributed by atoms with Crippen LogP contribution in [0.5, 0.6) is 5.75 Å². The van der Waals surface area contributed by atoms with E-state index in [1.807, 2.05) is 11.8 Å². The van der Waals surface area contributed by atoms with Gasteiger partial charge >= 0.3 is 0 Å². The number of benzene rings is 2. The van der Waals surface area contributed by atoms with E-state index in [-0.39, 0.29) is 12.0 Å². The van der Waals surface area contributed by atoms with E-state index in [1.54, 1.807) is 0 Å². The van der Waals surface area contributed by atoms with Crippen molar-refractivity contribution in [1.82, 2.24) is 9.97 Å². The summed E-state index contributed by atoms with van der Waals surface area (Å²) in [4.78, 5) is 21.9. The second kappa shape index (κ2) is 5.59. The molecule has 1 N–H and O–H groups in total. The molecule has 2 aromatic carbocycles. The smallest absolute Gasteiger partial charge is 0.228 e. The van der Waals surface area contributed by atoms with E-state index >= 15 is 0 Å². The van der Waals surface area contributed by atoms with Crippen LogP contribution in [0.15, 0.2) is 30.3 Å².